The van der Waals surface area contributed by atoms with E-state index in [1.54, 1.807) is 0 Å². The van der Waals surface area contributed by atoms with Gasteiger partial charge in [0.25, 0.3) is 0 Å². The Hall–Kier alpha value is -2.35. The molecule has 4 unspecified atom stereocenters. The SMILES string of the molecule is N#Cc1ccccc1OC1CC(c2ccccc2)CC1N1CCCC(N)C1. The number of hydrogen-bond donors (Lipinski definition) is 1. The van der Waals surface area contributed by atoms with Crippen LogP contribution in [0.5, 0.6) is 5.75 Å². The maximum absolute atomic E-state index is 9.41. The Morgan fingerprint density at radius 2 is 1.81 bits per heavy atom. The first kappa shape index (κ1) is 18.0. The maximum Gasteiger partial charge on any atom is 0.137 e. The smallest absolute Gasteiger partial charge is 0.137 e. The number of nitrogens with two attached hydrogens (primary N) is 1. The highest BCUT2D eigenvalue weighted by molar-refractivity contribution is 5.42. The Bertz CT molecular complexity index is 801. The van der Waals surface area contributed by atoms with Crippen LogP contribution < -0.4 is 10.5 Å². The van der Waals surface area contributed by atoms with Crippen molar-refractivity contribution < 1.29 is 4.74 Å². The Balaban J connectivity index is 1.58. The Morgan fingerprint density at radius 3 is 2.59 bits per heavy atom. The predicted octanol–water partition coefficient (Wildman–Crippen LogP) is 3.67. The van der Waals surface area contributed by atoms with Crippen molar-refractivity contribution in [1.29, 1.82) is 5.26 Å². The second-order valence-electron chi connectivity index (χ2n) is 7.81. The van der Waals surface area contributed by atoms with Gasteiger partial charge in [-0.2, -0.15) is 5.26 Å². The zero-order valence-corrected chi connectivity index (χ0v) is 15.6. The summed E-state index contributed by atoms with van der Waals surface area (Å²) in [5.74, 6) is 1.18. The Labute approximate surface area is 161 Å². The third-order valence-electron chi connectivity index (χ3n) is 5.99. The third-order valence-corrected chi connectivity index (χ3v) is 5.99. The van der Waals surface area contributed by atoms with Gasteiger partial charge in [-0.15, -0.1) is 0 Å². The molecule has 1 saturated carbocycles. The maximum atomic E-state index is 9.41. The molecule has 4 atom stereocenters. The number of hydrogen-bond acceptors (Lipinski definition) is 4. The number of benzene rings is 2. The van der Waals surface area contributed by atoms with E-state index in [9.17, 15) is 5.26 Å². The number of ether oxygens (including phenoxy) is 1. The van der Waals surface area contributed by atoms with Crippen LogP contribution in [-0.2, 0) is 0 Å². The van der Waals surface area contributed by atoms with Crippen molar-refractivity contribution in [3.63, 3.8) is 0 Å². The molecule has 4 heteroatoms. The minimum absolute atomic E-state index is 0.0787. The van der Waals surface area contributed by atoms with Crippen LogP contribution in [0.15, 0.2) is 54.6 Å². The second-order valence-corrected chi connectivity index (χ2v) is 7.81. The van der Waals surface area contributed by atoms with Gasteiger partial charge < -0.3 is 10.5 Å². The minimum atomic E-state index is 0.0787. The third kappa shape index (κ3) is 4.00. The van der Waals surface area contributed by atoms with E-state index in [1.807, 2.05) is 24.3 Å². The van der Waals surface area contributed by atoms with Crippen molar-refractivity contribution in [3.05, 3.63) is 65.7 Å². The van der Waals surface area contributed by atoms with Gasteiger partial charge in [-0.25, -0.2) is 0 Å². The van der Waals surface area contributed by atoms with Gasteiger partial charge in [-0.3, -0.25) is 4.90 Å². The number of piperidine rings is 1. The number of para-hydroxylation sites is 1. The van der Waals surface area contributed by atoms with Crippen LogP contribution in [-0.4, -0.2) is 36.2 Å². The Kier molecular flexibility index (Phi) is 5.42. The number of likely N-dealkylation sites (tertiary alicyclic amines) is 1. The molecule has 2 aliphatic rings. The topological polar surface area (TPSA) is 62.3 Å². The highest BCUT2D eigenvalue weighted by Gasteiger charge is 2.41. The number of rotatable bonds is 4. The van der Waals surface area contributed by atoms with Crippen LogP contribution in [0.4, 0.5) is 0 Å². The van der Waals surface area contributed by atoms with Crippen LogP contribution in [0.25, 0.3) is 0 Å². The second kappa shape index (κ2) is 8.12. The van der Waals surface area contributed by atoms with Crippen molar-refractivity contribution in [2.24, 2.45) is 5.73 Å². The van der Waals surface area contributed by atoms with Crippen molar-refractivity contribution in [3.8, 4) is 11.8 Å². The summed E-state index contributed by atoms with van der Waals surface area (Å²) < 4.78 is 6.45. The standard InChI is InChI=1S/C23H27N3O/c24-15-18-9-4-5-11-22(18)27-23-14-19(17-7-2-1-3-8-17)13-21(23)26-12-6-10-20(25)16-26/h1-5,7-9,11,19-21,23H,6,10,12-14,16,25H2. The number of nitriles is 1. The predicted molar refractivity (Wildman–Crippen MR) is 107 cm³/mol. The quantitative estimate of drug-likeness (QED) is 0.902. The van der Waals surface area contributed by atoms with E-state index in [0.717, 1.165) is 38.8 Å². The van der Waals surface area contributed by atoms with Crippen LogP contribution in [0, 0.1) is 11.3 Å². The molecule has 2 aromatic rings. The van der Waals surface area contributed by atoms with Gasteiger partial charge in [0.05, 0.1) is 5.56 Å². The van der Waals surface area contributed by atoms with Gasteiger partial charge in [0, 0.05) is 18.6 Å². The fourth-order valence-electron chi connectivity index (χ4n) is 4.65. The summed E-state index contributed by atoms with van der Waals surface area (Å²) in [7, 11) is 0. The lowest BCUT2D eigenvalue weighted by molar-refractivity contribution is 0.0680. The molecule has 2 aromatic carbocycles. The van der Waals surface area contributed by atoms with E-state index in [1.165, 1.54) is 5.56 Å². The molecule has 0 aromatic heterocycles. The van der Waals surface area contributed by atoms with Crippen LogP contribution >= 0.6 is 0 Å². The summed E-state index contributed by atoms with van der Waals surface area (Å²) in [6, 6.07) is 21.1. The summed E-state index contributed by atoms with van der Waals surface area (Å²) >= 11 is 0. The lowest BCUT2D eigenvalue weighted by atomic mass is 9.97. The van der Waals surface area contributed by atoms with Gasteiger partial charge in [0.1, 0.15) is 17.9 Å². The molecule has 1 aliphatic carbocycles. The molecule has 4 rings (SSSR count). The average Bonchev–Trinajstić information content (AvgIpc) is 3.13. The summed E-state index contributed by atoms with van der Waals surface area (Å²) in [4.78, 5) is 2.52. The summed E-state index contributed by atoms with van der Waals surface area (Å²) in [5.41, 5.74) is 8.24. The molecule has 2 N–H and O–H groups in total. The van der Waals surface area contributed by atoms with E-state index in [0.29, 0.717) is 23.3 Å². The van der Waals surface area contributed by atoms with Gasteiger partial charge in [0.15, 0.2) is 0 Å². The summed E-state index contributed by atoms with van der Waals surface area (Å²) in [6.45, 7) is 2.02. The molecule has 140 valence electrons. The summed E-state index contributed by atoms with van der Waals surface area (Å²) in [5, 5.41) is 9.41. The van der Waals surface area contributed by atoms with Crippen molar-refractivity contribution >= 4 is 0 Å². The van der Waals surface area contributed by atoms with Gasteiger partial charge in [0.2, 0.25) is 0 Å². The monoisotopic (exact) mass is 361 g/mol. The molecular formula is C23H27N3O. The van der Waals surface area contributed by atoms with Crippen LogP contribution in [0.2, 0.25) is 0 Å². The van der Waals surface area contributed by atoms with Crippen molar-refractivity contribution in [1.82, 2.24) is 4.90 Å². The van der Waals surface area contributed by atoms with Gasteiger partial charge in [-0.05, 0) is 55.8 Å². The zero-order valence-electron chi connectivity index (χ0n) is 15.6. The first-order valence-electron chi connectivity index (χ1n) is 9.95. The number of nitrogens with zero attached hydrogens (tertiary/aromatic N) is 2. The Morgan fingerprint density at radius 1 is 1.04 bits per heavy atom. The van der Waals surface area contributed by atoms with Gasteiger partial charge >= 0.3 is 0 Å². The highest BCUT2D eigenvalue weighted by Crippen LogP contribution is 2.40. The van der Waals surface area contributed by atoms with Crippen molar-refractivity contribution in [2.75, 3.05) is 13.1 Å². The van der Waals surface area contributed by atoms with E-state index in [-0.39, 0.29) is 12.1 Å². The summed E-state index contributed by atoms with van der Waals surface area (Å²) in [6.07, 6.45) is 4.38. The van der Waals surface area contributed by atoms with E-state index >= 15 is 0 Å². The molecule has 0 spiro atoms. The molecular weight excluding hydrogens is 334 g/mol. The van der Waals surface area contributed by atoms with Crippen LogP contribution in [0.1, 0.15) is 42.7 Å². The fourth-order valence-corrected chi connectivity index (χ4v) is 4.65. The minimum Gasteiger partial charge on any atom is -0.487 e. The molecule has 2 fully saturated rings. The van der Waals surface area contributed by atoms with Crippen molar-refractivity contribution in [2.45, 2.75) is 49.8 Å². The molecule has 1 saturated heterocycles. The van der Waals surface area contributed by atoms with E-state index in [2.05, 4.69) is 41.3 Å². The van der Waals surface area contributed by atoms with E-state index in [4.69, 9.17) is 10.5 Å². The highest BCUT2D eigenvalue weighted by atomic mass is 16.5. The molecule has 0 radical (unpaired) electrons. The normalized spacial score (nSPS) is 28.6. The average molecular weight is 361 g/mol. The zero-order chi connectivity index (χ0) is 18.6. The fraction of sp³-hybridized carbons (Fsp3) is 0.435. The van der Waals surface area contributed by atoms with Crippen LogP contribution in [0.3, 0.4) is 0 Å². The molecule has 4 nitrogen and oxygen atoms in total. The molecule has 1 aliphatic heterocycles. The first-order chi connectivity index (χ1) is 13.2. The first-order valence-corrected chi connectivity index (χ1v) is 9.95. The molecule has 1 heterocycles. The van der Waals surface area contributed by atoms with E-state index < -0.39 is 0 Å². The lowest BCUT2D eigenvalue weighted by Gasteiger charge is -2.38. The molecule has 0 bridgehead atoms. The largest absolute Gasteiger partial charge is 0.487 e. The molecule has 0 amide bonds. The molecule has 27 heavy (non-hydrogen) atoms. The lowest BCUT2D eigenvalue weighted by Crippen LogP contribution is -2.51. The van der Waals surface area contributed by atoms with Gasteiger partial charge in [-0.1, -0.05) is 42.5 Å².